The molecular weight excluding hydrogens is 198 g/mol. The summed E-state index contributed by atoms with van der Waals surface area (Å²) < 4.78 is 5.53. The van der Waals surface area contributed by atoms with Crippen LogP contribution in [0.5, 0.6) is 5.75 Å². The van der Waals surface area contributed by atoms with Gasteiger partial charge in [-0.3, -0.25) is 0 Å². The topological polar surface area (TPSA) is 12.5 Å². The van der Waals surface area contributed by atoms with E-state index in [2.05, 4.69) is 11.0 Å². The fourth-order valence-electron chi connectivity index (χ4n) is 1.10. The quantitative estimate of drug-likeness (QED) is 0.551. The van der Waals surface area contributed by atoms with Gasteiger partial charge >= 0.3 is 0 Å². The molecule has 1 rings (SSSR count). The molecular formula is C11H16ClNO. The van der Waals surface area contributed by atoms with Crippen LogP contribution in [0.4, 0.5) is 5.69 Å². The Bertz CT molecular complexity index is 276. The summed E-state index contributed by atoms with van der Waals surface area (Å²) in [5.41, 5.74) is 1.15. The van der Waals surface area contributed by atoms with Crippen molar-refractivity contribution in [2.45, 2.75) is 6.42 Å². The van der Waals surface area contributed by atoms with Crippen molar-refractivity contribution in [1.29, 1.82) is 0 Å². The van der Waals surface area contributed by atoms with Crippen molar-refractivity contribution in [3.63, 3.8) is 0 Å². The highest BCUT2D eigenvalue weighted by Gasteiger charge is 1.97. The number of hydrogen-bond acceptors (Lipinski definition) is 2. The summed E-state index contributed by atoms with van der Waals surface area (Å²) in [6.45, 7) is 0.681. The van der Waals surface area contributed by atoms with Gasteiger partial charge in [0.25, 0.3) is 0 Å². The van der Waals surface area contributed by atoms with Gasteiger partial charge in [0.15, 0.2) is 0 Å². The van der Waals surface area contributed by atoms with Gasteiger partial charge in [-0.1, -0.05) is 6.07 Å². The first-order valence-corrected chi connectivity index (χ1v) is 5.23. The molecule has 1 aromatic rings. The molecule has 0 aliphatic rings. The average molecular weight is 214 g/mol. The van der Waals surface area contributed by atoms with Crippen LogP contribution in [-0.4, -0.2) is 26.6 Å². The molecule has 0 atom stereocenters. The molecule has 14 heavy (non-hydrogen) atoms. The van der Waals surface area contributed by atoms with Gasteiger partial charge < -0.3 is 9.64 Å². The molecule has 0 aromatic heterocycles. The van der Waals surface area contributed by atoms with E-state index in [1.165, 1.54) is 0 Å². The van der Waals surface area contributed by atoms with Crippen LogP contribution in [0, 0.1) is 0 Å². The molecule has 0 N–H and O–H groups in total. The van der Waals surface area contributed by atoms with Gasteiger partial charge in [0, 0.05) is 31.7 Å². The predicted octanol–water partition coefficient (Wildman–Crippen LogP) is 2.76. The second-order valence-electron chi connectivity index (χ2n) is 3.28. The summed E-state index contributed by atoms with van der Waals surface area (Å²) >= 11 is 5.56. The van der Waals surface area contributed by atoms with Gasteiger partial charge in [-0.05, 0) is 18.6 Å². The maximum absolute atomic E-state index is 5.56. The van der Waals surface area contributed by atoms with Gasteiger partial charge in [-0.25, -0.2) is 0 Å². The highest BCUT2D eigenvalue weighted by molar-refractivity contribution is 6.17. The van der Waals surface area contributed by atoms with E-state index in [0.29, 0.717) is 12.5 Å². The average Bonchev–Trinajstić information content (AvgIpc) is 2.19. The molecule has 0 aliphatic carbocycles. The number of alkyl halides is 1. The van der Waals surface area contributed by atoms with Crippen molar-refractivity contribution in [3.8, 4) is 5.75 Å². The number of nitrogens with zero attached hydrogens (tertiary/aromatic N) is 1. The Kier molecular flexibility index (Phi) is 4.60. The third-order valence-corrected chi connectivity index (χ3v) is 2.15. The summed E-state index contributed by atoms with van der Waals surface area (Å²) in [4.78, 5) is 2.05. The number of hydrogen-bond donors (Lipinski definition) is 0. The minimum Gasteiger partial charge on any atom is -0.493 e. The van der Waals surface area contributed by atoms with E-state index in [1.807, 2.05) is 32.3 Å². The number of anilines is 1. The molecule has 0 radical (unpaired) electrons. The van der Waals surface area contributed by atoms with E-state index in [1.54, 1.807) is 0 Å². The SMILES string of the molecule is CN(C)c1cccc(OCCCCl)c1. The van der Waals surface area contributed by atoms with E-state index >= 15 is 0 Å². The van der Waals surface area contributed by atoms with Crippen molar-refractivity contribution < 1.29 is 4.74 Å². The van der Waals surface area contributed by atoms with E-state index < -0.39 is 0 Å². The van der Waals surface area contributed by atoms with Crippen LogP contribution in [0.15, 0.2) is 24.3 Å². The van der Waals surface area contributed by atoms with Crippen LogP contribution < -0.4 is 9.64 Å². The van der Waals surface area contributed by atoms with Crippen LogP contribution >= 0.6 is 11.6 Å². The Balaban J connectivity index is 2.55. The maximum atomic E-state index is 5.56. The molecule has 0 spiro atoms. The second kappa shape index (κ2) is 5.76. The Morgan fingerprint density at radius 3 is 2.79 bits per heavy atom. The zero-order valence-electron chi connectivity index (χ0n) is 8.66. The first-order valence-electron chi connectivity index (χ1n) is 4.70. The smallest absolute Gasteiger partial charge is 0.121 e. The Hall–Kier alpha value is -0.890. The van der Waals surface area contributed by atoms with Gasteiger partial charge in [0.1, 0.15) is 5.75 Å². The Morgan fingerprint density at radius 1 is 1.36 bits per heavy atom. The van der Waals surface area contributed by atoms with Gasteiger partial charge in [0.05, 0.1) is 6.61 Å². The van der Waals surface area contributed by atoms with Crippen molar-refractivity contribution in [2.24, 2.45) is 0 Å². The molecule has 3 heteroatoms. The number of halogens is 1. The number of ether oxygens (including phenoxy) is 1. The molecule has 0 aliphatic heterocycles. The van der Waals surface area contributed by atoms with Crippen molar-refractivity contribution in [3.05, 3.63) is 24.3 Å². The Labute approximate surface area is 90.4 Å². The number of rotatable bonds is 5. The lowest BCUT2D eigenvalue weighted by Crippen LogP contribution is -2.08. The second-order valence-corrected chi connectivity index (χ2v) is 3.66. The van der Waals surface area contributed by atoms with Gasteiger partial charge in [-0.15, -0.1) is 11.6 Å². The predicted molar refractivity (Wildman–Crippen MR) is 61.6 cm³/mol. The van der Waals surface area contributed by atoms with E-state index in [-0.39, 0.29) is 0 Å². The Morgan fingerprint density at radius 2 is 2.14 bits per heavy atom. The van der Waals surface area contributed by atoms with Crippen LogP contribution in [0.3, 0.4) is 0 Å². The summed E-state index contributed by atoms with van der Waals surface area (Å²) in [5, 5.41) is 0. The third-order valence-electron chi connectivity index (χ3n) is 1.88. The largest absolute Gasteiger partial charge is 0.493 e. The minimum absolute atomic E-state index is 0.646. The van der Waals surface area contributed by atoms with Gasteiger partial charge in [-0.2, -0.15) is 0 Å². The fraction of sp³-hybridized carbons (Fsp3) is 0.455. The molecule has 1 aromatic carbocycles. The summed E-state index contributed by atoms with van der Waals surface area (Å²) in [5.74, 6) is 1.55. The lowest BCUT2D eigenvalue weighted by atomic mass is 10.3. The lowest BCUT2D eigenvalue weighted by molar-refractivity contribution is 0.318. The molecule has 0 unspecified atom stereocenters. The normalized spacial score (nSPS) is 9.93. The highest BCUT2D eigenvalue weighted by Crippen LogP contribution is 2.19. The highest BCUT2D eigenvalue weighted by atomic mass is 35.5. The van der Waals surface area contributed by atoms with Crippen LogP contribution in [-0.2, 0) is 0 Å². The minimum atomic E-state index is 0.646. The molecule has 0 fully saturated rings. The molecule has 0 amide bonds. The molecule has 2 nitrogen and oxygen atoms in total. The third kappa shape index (κ3) is 3.46. The first kappa shape index (κ1) is 11.2. The number of benzene rings is 1. The lowest BCUT2D eigenvalue weighted by Gasteiger charge is -2.13. The van der Waals surface area contributed by atoms with Crippen molar-refractivity contribution >= 4 is 17.3 Å². The zero-order chi connectivity index (χ0) is 10.4. The standard InChI is InChI=1S/C11H16ClNO/c1-13(2)10-5-3-6-11(9-10)14-8-4-7-12/h3,5-6,9H,4,7-8H2,1-2H3. The monoisotopic (exact) mass is 213 g/mol. The van der Waals surface area contributed by atoms with Crippen LogP contribution in [0.25, 0.3) is 0 Å². The summed E-state index contributed by atoms with van der Waals surface area (Å²) in [6, 6.07) is 8.02. The van der Waals surface area contributed by atoms with Crippen molar-refractivity contribution in [1.82, 2.24) is 0 Å². The summed E-state index contributed by atoms with van der Waals surface area (Å²) in [6.07, 6.45) is 0.883. The molecule has 0 saturated carbocycles. The molecule has 0 heterocycles. The molecule has 78 valence electrons. The maximum Gasteiger partial charge on any atom is 0.121 e. The molecule has 0 bridgehead atoms. The van der Waals surface area contributed by atoms with E-state index in [0.717, 1.165) is 17.9 Å². The zero-order valence-corrected chi connectivity index (χ0v) is 9.42. The van der Waals surface area contributed by atoms with Gasteiger partial charge in [0.2, 0.25) is 0 Å². The van der Waals surface area contributed by atoms with E-state index in [9.17, 15) is 0 Å². The fourth-order valence-corrected chi connectivity index (χ4v) is 1.21. The molecule has 0 saturated heterocycles. The summed E-state index contributed by atoms with van der Waals surface area (Å²) in [7, 11) is 4.02. The van der Waals surface area contributed by atoms with E-state index in [4.69, 9.17) is 16.3 Å². The first-order chi connectivity index (χ1) is 6.74. The van der Waals surface area contributed by atoms with Crippen LogP contribution in [0.2, 0.25) is 0 Å². The van der Waals surface area contributed by atoms with Crippen molar-refractivity contribution in [2.75, 3.05) is 31.5 Å². The van der Waals surface area contributed by atoms with Crippen LogP contribution in [0.1, 0.15) is 6.42 Å².